The lowest BCUT2D eigenvalue weighted by molar-refractivity contribution is 0.0698. The smallest absolute Gasteiger partial charge is 0.337 e. The van der Waals surface area contributed by atoms with Crippen LogP contribution in [0, 0.1) is 5.82 Å². The summed E-state index contributed by atoms with van der Waals surface area (Å²) in [6.07, 6.45) is 0.678. The lowest BCUT2D eigenvalue weighted by Gasteiger charge is -2.12. The molecule has 0 fully saturated rings. The molecule has 6 heteroatoms. The highest BCUT2D eigenvalue weighted by Crippen LogP contribution is 2.36. The minimum atomic E-state index is -1.15. The van der Waals surface area contributed by atoms with Crippen molar-refractivity contribution in [3.8, 4) is 0 Å². The molecule has 1 aromatic heterocycles. The second-order valence-electron chi connectivity index (χ2n) is 4.16. The highest BCUT2D eigenvalue weighted by molar-refractivity contribution is 9.10. The van der Waals surface area contributed by atoms with Crippen molar-refractivity contribution in [2.45, 2.75) is 13.0 Å². The van der Waals surface area contributed by atoms with Crippen LogP contribution in [0.5, 0.6) is 0 Å². The molecule has 3 rings (SSSR count). The van der Waals surface area contributed by atoms with Crippen molar-refractivity contribution in [1.29, 1.82) is 0 Å². The largest absolute Gasteiger partial charge is 0.478 e. The molecule has 94 valence electrons. The molecule has 0 amide bonds. The zero-order chi connectivity index (χ0) is 12.9. The third-order valence-corrected chi connectivity index (χ3v) is 3.91. The van der Waals surface area contributed by atoms with Gasteiger partial charge in [-0.1, -0.05) is 0 Å². The zero-order valence-corrected chi connectivity index (χ0v) is 10.8. The van der Waals surface area contributed by atoms with Crippen LogP contribution < -0.4 is 0 Å². The first-order chi connectivity index (χ1) is 8.59. The number of rotatable bonds is 1. The number of ether oxygens (including phenoxy) is 1. The molecule has 2 aromatic rings. The first-order valence-corrected chi connectivity index (χ1v) is 6.21. The number of hydrogen-bond donors (Lipinski definition) is 2. The van der Waals surface area contributed by atoms with Gasteiger partial charge in [0.05, 0.1) is 28.8 Å². The van der Waals surface area contributed by atoms with Gasteiger partial charge in [-0.2, -0.15) is 0 Å². The summed E-state index contributed by atoms with van der Waals surface area (Å²) >= 11 is 3.18. The molecule has 0 atom stereocenters. The number of halogens is 2. The van der Waals surface area contributed by atoms with Crippen molar-refractivity contribution >= 4 is 32.8 Å². The maximum absolute atomic E-state index is 13.8. The van der Waals surface area contributed by atoms with Gasteiger partial charge in [-0.05, 0) is 22.0 Å². The maximum atomic E-state index is 13.8. The molecule has 0 unspecified atom stereocenters. The minimum Gasteiger partial charge on any atom is -0.478 e. The Labute approximate surface area is 110 Å². The molecule has 18 heavy (non-hydrogen) atoms. The summed E-state index contributed by atoms with van der Waals surface area (Å²) in [5, 5.41) is 9.70. The number of aromatic carboxylic acids is 1. The maximum Gasteiger partial charge on any atom is 0.337 e. The van der Waals surface area contributed by atoms with E-state index in [4.69, 9.17) is 9.84 Å². The third kappa shape index (κ3) is 1.56. The van der Waals surface area contributed by atoms with Gasteiger partial charge < -0.3 is 14.8 Å². The van der Waals surface area contributed by atoms with E-state index in [0.717, 1.165) is 17.3 Å². The van der Waals surface area contributed by atoms with E-state index >= 15 is 0 Å². The standard InChI is InChI=1S/C12H9BrFNO3/c13-10-7(14)3-5(12(16)17)11-9(10)6-4-18-2-1-8(6)15-11/h3,15H,1-2,4H2,(H,16,17). The number of aromatic nitrogens is 1. The number of benzene rings is 1. The van der Waals surface area contributed by atoms with E-state index in [0.29, 0.717) is 30.5 Å². The Balaban J connectivity index is 2.43. The third-order valence-electron chi connectivity index (χ3n) is 3.13. The molecule has 1 aliphatic rings. The average Bonchev–Trinajstić information content (AvgIpc) is 2.72. The van der Waals surface area contributed by atoms with Crippen molar-refractivity contribution in [2.24, 2.45) is 0 Å². The summed E-state index contributed by atoms with van der Waals surface area (Å²) in [6.45, 7) is 0.957. The van der Waals surface area contributed by atoms with Crippen molar-refractivity contribution in [2.75, 3.05) is 6.61 Å². The van der Waals surface area contributed by atoms with Crippen LogP contribution >= 0.6 is 15.9 Å². The summed E-state index contributed by atoms with van der Waals surface area (Å²) in [5.74, 6) is -1.72. The van der Waals surface area contributed by atoms with Crippen LogP contribution in [-0.4, -0.2) is 22.7 Å². The first-order valence-electron chi connectivity index (χ1n) is 5.42. The van der Waals surface area contributed by atoms with Gasteiger partial charge in [0.2, 0.25) is 0 Å². The second-order valence-corrected chi connectivity index (χ2v) is 4.95. The van der Waals surface area contributed by atoms with Crippen LogP contribution in [-0.2, 0) is 17.8 Å². The topological polar surface area (TPSA) is 62.3 Å². The van der Waals surface area contributed by atoms with Gasteiger partial charge in [0, 0.05) is 23.1 Å². The molecule has 1 aromatic carbocycles. The van der Waals surface area contributed by atoms with Gasteiger partial charge in [0.15, 0.2) is 0 Å². The molecule has 2 N–H and O–H groups in total. The number of carboxylic acids is 1. The monoisotopic (exact) mass is 313 g/mol. The van der Waals surface area contributed by atoms with Crippen LogP contribution in [0.3, 0.4) is 0 Å². The number of fused-ring (bicyclic) bond motifs is 3. The Morgan fingerprint density at radius 3 is 3.06 bits per heavy atom. The molecule has 2 heterocycles. The second kappa shape index (κ2) is 4.07. The highest BCUT2D eigenvalue weighted by atomic mass is 79.9. The molecule has 0 spiro atoms. The van der Waals surface area contributed by atoms with Crippen molar-refractivity contribution < 1.29 is 19.0 Å². The molecular weight excluding hydrogens is 305 g/mol. The van der Waals surface area contributed by atoms with E-state index in [1.165, 1.54) is 0 Å². The van der Waals surface area contributed by atoms with Crippen LogP contribution in [0.25, 0.3) is 10.9 Å². The van der Waals surface area contributed by atoms with E-state index in [9.17, 15) is 9.18 Å². The van der Waals surface area contributed by atoms with E-state index < -0.39 is 11.8 Å². The van der Waals surface area contributed by atoms with Crippen LogP contribution in [0.1, 0.15) is 21.6 Å². The van der Waals surface area contributed by atoms with E-state index in [-0.39, 0.29) is 10.0 Å². The lowest BCUT2D eigenvalue weighted by atomic mass is 10.1. The van der Waals surface area contributed by atoms with E-state index in [1.54, 1.807) is 0 Å². The average molecular weight is 314 g/mol. The number of carboxylic acid groups (broad SMARTS) is 1. The zero-order valence-electron chi connectivity index (χ0n) is 9.22. The number of hydrogen-bond acceptors (Lipinski definition) is 2. The van der Waals surface area contributed by atoms with Gasteiger partial charge in [-0.25, -0.2) is 9.18 Å². The summed E-state index contributed by atoms with van der Waals surface area (Å²) in [4.78, 5) is 14.2. The van der Waals surface area contributed by atoms with Gasteiger partial charge in [-0.3, -0.25) is 0 Å². The first kappa shape index (κ1) is 11.7. The summed E-state index contributed by atoms with van der Waals surface area (Å²) in [7, 11) is 0. The molecule has 0 saturated heterocycles. The SMILES string of the molecule is O=C(O)c1cc(F)c(Br)c2c3c([nH]c12)CCOC3. The van der Waals surface area contributed by atoms with Gasteiger partial charge in [0.1, 0.15) is 5.82 Å². The van der Waals surface area contributed by atoms with E-state index in [1.807, 2.05) is 0 Å². The van der Waals surface area contributed by atoms with Gasteiger partial charge >= 0.3 is 5.97 Å². The van der Waals surface area contributed by atoms with Crippen molar-refractivity contribution in [1.82, 2.24) is 4.98 Å². The fourth-order valence-corrected chi connectivity index (χ4v) is 2.86. The molecule has 0 radical (unpaired) electrons. The Hall–Kier alpha value is -1.40. The Morgan fingerprint density at radius 1 is 1.56 bits per heavy atom. The summed E-state index contributed by atoms with van der Waals surface area (Å²) in [6, 6.07) is 1.03. The lowest BCUT2D eigenvalue weighted by Crippen LogP contribution is -2.08. The molecule has 0 bridgehead atoms. The number of aromatic amines is 1. The van der Waals surface area contributed by atoms with Gasteiger partial charge in [-0.15, -0.1) is 0 Å². The highest BCUT2D eigenvalue weighted by Gasteiger charge is 2.23. The van der Waals surface area contributed by atoms with Crippen LogP contribution in [0.4, 0.5) is 4.39 Å². The van der Waals surface area contributed by atoms with Crippen molar-refractivity contribution in [3.63, 3.8) is 0 Å². The van der Waals surface area contributed by atoms with Crippen LogP contribution in [0.15, 0.2) is 10.5 Å². The normalized spacial score (nSPS) is 14.8. The predicted molar refractivity (Wildman–Crippen MR) is 66.3 cm³/mol. The number of nitrogens with one attached hydrogen (secondary N) is 1. The fourth-order valence-electron chi connectivity index (χ4n) is 2.31. The fraction of sp³-hybridized carbons (Fsp3) is 0.250. The van der Waals surface area contributed by atoms with Crippen molar-refractivity contribution in [3.05, 3.63) is 33.2 Å². The number of H-pyrrole nitrogens is 1. The Bertz CT molecular complexity index is 665. The molecule has 0 saturated carbocycles. The number of carbonyl (C=O) groups is 1. The quantitative estimate of drug-likeness (QED) is 0.851. The minimum absolute atomic E-state index is 0.0555. The Morgan fingerprint density at radius 2 is 2.33 bits per heavy atom. The molecular formula is C12H9BrFNO3. The van der Waals surface area contributed by atoms with Crippen LogP contribution in [0.2, 0.25) is 0 Å². The molecule has 4 nitrogen and oxygen atoms in total. The summed E-state index contributed by atoms with van der Waals surface area (Å²) in [5.41, 5.74) is 2.15. The predicted octanol–water partition coefficient (Wildman–Crippen LogP) is 2.84. The van der Waals surface area contributed by atoms with E-state index in [2.05, 4.69) is 20.9 Å². The Kier molecular flexibility index (Phi) is 2.64. The molecule has 0 aliphatic carbocycles. The van der Waals surface area contributed by atoms with Gasteiger partial charge in [0.25, 0.3) is 0 Å². The summed E-state index contributed by atoms with van der Waals surface area (Å²) < 4.78 is 19.4. The molecule has 1 aliphatic heterocycles.